The normalized spacial score (nSPS) is 31.8. The van der Waals surface area contributed by atoms with Crippen LogP contribution in [-0.2, 0) is 4.74 Å². The maximum absolute atomic E-state index is 5.27. The van der Waals surface area contributed by atoms with E-state index in [1.165, 1.54) is 58.2 Å². The lowest BCUT2D eigenvalue weighted by Crippen LogP contribution is -2.29. The van der Waals surface area contributed by atoms with Crippen LogP contribution in [0.5, 0.6) is 0 Å². The molecule has 0 amide bonds. The van der Waals surface area contributed by atoms with Crippen LogP contribution in [0, 0.1) is 0 Å². The van der Waals surface area contributed by atoms with E-state index < -0.39 is 0 Å². The number of ether oxygens (including phenoxy) is 1. The zero-order valence-electron chi connectivity index (χ0n) is 8.50. The molecule has 0 aromatic heterocycles. The van der Waals surface area contributed by atoms with Gasteiger partial charge in [-0.2, -0.15) is 0 Å². The van der Waals surface area contributed by atoms with Crippen LogP contribution < -0.4 is 0 Å². The summed E-state index contributed by atoms with van der Waals surface area (Å²) in [5, 5.41) is 0. The van der Waals surface area contributed by atoms with Gasteiger partial charge in [0, 0.05) is 6.54 Å². The summed E-state index contributed by atoms with van der Waals surface area (Å²) < 4.78 is 5.27. The fourth-order valence-corrected chi connectivity index (χ4v) is 2.13. The predicted octanol–water partition coefficient (Wildman–Crippen LogP) is 2.04. The van der Waals surface area contributed by atoms with Crippen molar-refractivity contribution < 1.29 is 4.74 Å². The molecule has 0 N–H and O–H groups in total. The lowest BCUT2D eigenvalue weighted by atomic mass is 10.1. The van der Waals surface area contributed by atoms with Gasteiger partial charge in [0.25, 0.3) is 0 Å². The summed E-state index contributed by atoms with van der Waals surface area (Å²) >= 11 is 0. The number of rotatable bonds is 2. The number of epoxide rings is 1. The first-order valence-corrected chi connectivity index (χ1v) is 5.79. The summed E-state index contributed by atoms with van der Waals surface area (Å²) in [4.78, 5) is 2.60. The van der Waals surface area contributed by atoms with Crippen LogP contribution in [0.2, 0.25) is 0 Å². The Morgan fingerprint density at radius 1 is 0.923 bits per heavy atom. The molecule has 0 aromatic rings. The Balaban J connectivity index is 1.70. The van der Waals surface area contributed by atoms with Crippen LogP contribution in [0.1, 0.15) is 38.5 Å². The minimum atomic E-state index is 0.584. The van der Waals surface area contributed by atoms with E-state index in [1.807, 2.05) is 0 Å². The molecule has 1 atom stereocenters. The number of nitrogens with zero attached hydrogens (tertiary/aromatic N) is 1. The van der Waals surface area contributed by atoms with Gasteiger partial charge in [-0.1, -0.05) is 25.7 Å². The number of hydrogen-bond donors (Lipinski definition) is 0. The van der Waals surface area contributed by atoms with Gasteiger partial charge in [0.05, 0.1) is 12.7 Å². The molecular weight excluding hydrogens is 162 g/mol. The minimum Gasteiger partial charge on any atom is -0.372 e. The van der Waals surface area contributed by atoms with Crippen molar-refractivity contribution >= 4 is 0 Å². The second-order valence-electron chi connectivity index (χ2n) is 4.38. The molecule has 2 rings (SSSR count). The summed E-state index contributed by atoms with van der Waals surface area (Å²) in [5.74, 6) is 0. The van der Waals surface area contributed by atoms with Crippen LogP contribution in [0.15, 0.2) is 0 Å². The van der Waals surface area contributed by atoms with Crippen molar-refractivity contribution in [3.63, 3.8) is 0 Å². The van der Waals surface area contributed by atoms with Gasteiger partial charge in [0.15, 0.2) is 0 Å². The highest BCUT2D eigenvalue weighted by Gasteiger charge is 2.25. The summed E-state index contributed by atoms with van der Waals surface area (Å²) in [6.07, 6.45) is 9.14. The summed E-state index contributed by atoms with van der Waals surface area (Å²) in [6.45, 7) is 4.82. The van der Waals surface area contributed by atoms with Crippen LogP contribution >= 0.6 is 0 Å². The zero-order chi connectivity index (χ0) is 8.93. The van der Waals surface area contributed by atoms with E-state index >= 15 is 0 Å². The molecule has 2 nitrogen and oxygen atoms in total. The molecule has 0 spiro atoms. The molecule has 2 aliphatic heterocycles. The second kappa shape index (κ2) is 4.97. The third-order valence-corrected chi connectivity index (χ3v) is 3.06. The van der Waals surface area contributed by atoms with Crippen molar-refractivity contribution in [2.24, 2.45) is 0 Å². The predicted molar refractivity (Wildman–Crippen MR) is 53.9 cm³/mol. The first-order chi connectivity index (χ1) is 6.45. The molecule has 2 heterocycles. The standard InChI is InChI=1S/C11H21NO/c1-2-4-6-8-12(7-5-3-1)9-11-10-13-11/h11H,1-10H2/t11-/m1/s1. The van der Waals surface area contributed by atoms with Gasteiger partial charge in [-0.05, 0) is 25.9 Å². The second-order valence-corrected chi connectivity index (χ2v) is 4.38. The fraction of sp³-hybridized carbons (Fsp3) is 1.00. The van der Waals surface area contributed by atoms with E-state index in [2.05, 4.69) is 4.90 Å². The monoisotopic (exact) mass is 183 g/mol. The average Bonchev–Trinajstić information content (AvgIpc) is 2.89. The highest BCUT2D eigenvalue weighted by Crippen LogP contribution is 2.15. The lowest BCUT2D eigenvalue weighted by Gasteiger charge is -2.19. The Hall–Kier alpha value is -0.0800. The summed E-state index contributed by atoms with van der Waals surface area (Å²) in [5.41, 5.74) is 0. The molecule has 0 radical (unpaired) electrons. The van der Waals surface area contributed by atoms with Crippen LogP contribution in [0.3, 0.4) is 0 Å². The van der Waals surface area contributed by atoms with Gasteiger partial charge < -0.3 is 9.64 Å². The highest BCUT2D eigenvalue weighted by atomic mass is 16.6. The Kier molecular flexibility index (Phi) is 3.62. The van der Waals surface area contributed by atoms with E-state index in [-0.39, 0.29) is 0 Å². The quantitative estimate of drug-likeness (QED) is 0.609. The Bertz CT molecular complexity index is 135. The highest BCUT2D eigenvalue weighted by molar-refractivity contribution is 4.75. The number of hydrogen-bond acceptors (Lipinski definition) is 2. The third-order valence-electron chi connectivity index (χ3n) is 3.06. The first-order valence-electron chi connectivity index (χ1n) is 5.79. The molecule has 13 heavy (non-hydrogen) atoms. The summed E-state index contributed by atoms with van der Waals surface area (Å²) in [6, 6.07) is 0. The van der Waals surface area contributed by atoms with Gasteiger partial charge in [-0.3, -0.25) is 0 Å². The van der Waals surface area contributed by atoms with Crippen LogP contribution in [-0.4, -0.2) is 37.2 Å². The minimum absolute atomic E-state index is 0.584. The fourth-order valence-electron chi connectivity index (χ4n) is 2.13. The summed E-state index contributed by atoms with van der Waals surface area (Å²) in [7, 11) is 0. The van der Waals surface area contributed by atoms with Crippen molar-refractivity contribution in [1.29, 1.82) is 0 Å². The third kappa shape index (κ3) is 3.65. The average molecular weight is 183 g/mol. The van der Waals surface area contributed by atoms with Crippen molar-refractivity contribution in [3.8, 4) is 0 Å². The van der Waals surface area contributed by atoms with E-state index in [0.29, 0.717) is 6.10 Å². The maximum Gasteiger partial charge on any atom is 0.0936 e. The molecule has 0 aliphatic carbocycles. The van der Waals surface area contributed by atoms with E-state index in [4.69, 9.17) is 4.74 Å². The Morgan fingerprint density at radius 2 is 1.46 bits per heavy atom. The molecule has 2 aliphatic rings. The lowest BCUT2D eigenvalue weighted by molar-refractivity contribution is 0.238. The van der Waals surface area contributed by atoms with Gasteiger partial charge in [-0.15, -0.1) is 0 Å². The van der Waals surface area contributed by atoms with Crippen molar-refractivity contribution in [2.45, 2.75) is 44.6 Å². The van der Waals surface area contributed by atoms with Gasteiger partial charge in [-0.25, -0.2) is 0 Å². The molecule has 2 fully saturated rings. The Morgan fingerprint density at radius 3 is 2.00 bits per heavy atom. The molecule has 76 valence electrons. The molecule has 0 saturated carbocycles. The first kappa shape index (κ1) is 9.47. The van der Waals surface area contributed by atoms with Crippen LogP contribution in [0.25, 0.3) is 0 Å². The van der Waals surface area contributed by atoms with Crippen molar-refractivity contribution in [2.75, 3.05) is 26.2 Å². The molecule has 0 bridgehead atoms. The Labute approximate surface area is 81.3 Å². The molecule has 2 saturated heterocycles. The molecule has 0 aromatic carbocycles. The molecular formula is C11H21NO. The topological polar surface area (TPSA) is 15.8 Å². The maximum atomic E-state index is 5.27. The van der Waals surface area contributed by atoms with Crippen LogP contribution in [0.4, 0.5) is 0 Å². The van der Waals surface area contributed by atoms with Gasteiger partial charge in [0.2, 0.25) is 0 Å². The van der Waals surface area contributed by atoms with E-state index in [0.717, 1.165) is 6.61 Å². The SMILES string of the molecule is C1CCCCN(C[C@@H]2CO2)CCC1. The van der Waals surface area contributed by atoms with Gasteiger partial charge in [0.1, 0.15) is 0 Å². The molecule has 2 heteroatoms. The van der Waals surface area contributed by atoms with E-state index in [1.54, 1.807) is 0 Å². The van der Waals surface area contributed by atoms with Crippen molar-refractivity contribution in [3.05, 3.63) is 0 Å². The largest absolute Gasteiger partial charge is 0.372 e. The molecule has 0 unspecified atom stereocenters. The zero-order valence-corrected chi connectivity index (χ0v) is 8.50. The van der Waals surface area contributed by atoms with Gasteiger partial charge >= 0.3 is 0 Å². The van der Waals surface area contributed by atoms with E-state index in [9.17, 15) is 0 Å². The van der Waals surface area contributed by atoms with Crippen molar-refractivity contribution in [1.82, 2.24) is 4.90 Å². The smallest absolute Gasteiger partial charge is 0.0936 e.